The van der Waals surface area contributed by atoms with E-state index in [2.05, 4.69) is 13.8 Å². The molecule has 2 N–H and O–H groups in total. The Hall–Kier alpha value is -0.640. The molecule has 4 heteroatoms. The molecule has 82 valence electrons. The van der Waals surface area contributed by atoms with Gasteiger partial charge in [-0.3, -0.25) is 10.1 Å². The van der Waals surface area contributed by atoms with Gasteiger partial charge in [-0.15, -0.1) is 0 Å². The lowest BCUT2D eigenvalue weighted by molar-refractivity contribution is -0.531. The maximum absolute atomic E-state index is 10.7. The van der Waals surface area contributed by atoms with Crippen LogP contribution < -0.4 is 5.73 Å². The molecule has 0 aromatic heterocycles. The molecule has 0 heterocycles. The molecular weight excluding hydrogens is 180 g/mol. The summed E-state index contributed by atoms with van der Waals surface area (Å²) < 4.78 is 0. The van der Waals surface area contributed by atoms with E-state index >= 15 is 0 Å². The summed E-state index contributed by atoms with van der Waals surface area (Å²) >= 11 is 0. The van der Waals surface area contributed by atoms with Crippen LogP contribution in [0.3, 0.4) is 0 Å². The topological polar surface area (TPSA) is 69.2 Å². The van der Waals surface area contributed by atoms with E-state index in [1.165, 1.54) is 0 Å². The van der Waals surface area contributed by atoms with E-state index in [1.807, 2.05) is 0 Å². The first-order valence-corrected chi connectivity index (χ1v) is 5.19. The molecule has 14 heavy (non-hydrogen) atoms. The van der Waals surface area contributed by atoms with Crippen molar-refractivity contribution in [3.8, 4) is 0 Å². The Morgan fingerprint density at radius 2 is 2.00 bits per heavy atom. The maximum atomic E-state index is 10.7. The van der Waals surface area contributed by atoms with Gasteiger partial charge in [0.2, 0.25) is 6.04 Å². The van der Waals surface area contributed by atoms with Crippen LogP contribution in [0.5, 0.6) is 0 Å². The summed E-state index contributed by atoms with van der Waals surface area (Å²) in [5, 5.41) is 10.7. The van der Waals surface area contributed by atoms with Gasteiger partial charge in [0, 0.05) is 11.8 Å². The van der Waals surface area contributed by atoms with Crippen molar-refractivity contribution in [2.45, 2.75) is 58.0 Å². The summed E-state index contributed by atoms with van der Waals surface area (Å²) in [5.74, 6) is 0. The Kier molecular flexibility index (Phi) is 2.86. The van der Waals surface area contributed by atoms with Crippen LogP contribution >= 0.6 is 0 Å². The van der Waals surface area contributed by atoms with Crippen molar-refractivity contribution < 1.29 is 4.92 Å². The third-order valence-electron chi connectivity index (χ3n) is 3.45. The Morgan fingerprint density at radius 3 is 2.43 bits per heavy atom. The second-order valence-corrected chi connectivity index (χ2v) is 5.39. The minimum absolute atomic E-state index is 0.150. The molecule has 0 aromatic carbocycles. The number of rotatable bonds is 2. The molecule has 4 nitrogen and oxygen atoms in total. The van der Waals surface area contributed by atoms with Crippen molar-refractivity contribution in [1.29, 1.82) is 0 Å². The molecule has 0 bridgehead atoms. The van der Waals surface area contributed by atoms with Gasteiger partial charge >= 0.3 is 0 Å². The van der Waals surface area contributed by atoms with Crippen LogP contribution in [-0.4, -0.2) is 16.5 Å². The van der Waals surface area contributed by atoms with E-state index in [0.717, 1.165) is 25.7 Å². The van der Waals surface area contributed by atoms with Crippen molar-refractivity contribution in [3.05, 3.63) is 10.1 Å². The van der Waals surface area contributed by atoms with Gasteiger partial charge < -0.3 is 5.73 Å². The fraction of sp³-hybridized carbons (Fsp3) is 1.00. The van der Waals surface area contributed by atoms with Crippen LogP contribution in [-0.2, 0) is 0 Å². The van der Waals surface area contributed by atoms with E-state index in [0.29, 0.717) is 0 Å². The monoisotopic (exact) mass is 200 g/mol. The van der Waals surface area contributed by atoms with Crippen molar-refractivity contribution in [3.63, 3.8) is 0 Å². The molecule has 0 amide bonds. The fourth-order valence-electron chi connectivity index (χ4n) is 2.53. The molecule has 1 rings (SSSR count). The number of nitrogens with two attached hydrogens (primary N) is 1. The summed E-state index contributed by atoms with van der Waals surface area (Å²) in [6.07, 6.45) is 3.65. The lowest BCUT2D eigenvalue weighted by Gasteiger charge is -2.42. The van der Waals surface area contributed by atoms with Crippen molar-refractivity contribution in [1.82, 2.24) is 0 Å². The predicted octanol–water partition coefficient (Wildman–Crippen LogP) is 1.95. The molecule has 2 unspecified atom stereocenters. The first kappa shape index (κ1) is 11.4. The number of hydrogen-bond donors (Lipinski definition) is 1. The average Bonchev–Trinajstić information content (AvgIpc) is 2.00. The van der Waals surface area contributed by atoms with E-state index < -0.39 is 11.6 Å². The molecule has 0 aromatic rings. The lowest BCUT2D eigenvalue weighted by atomic mass is 9.66. The summed E-state index contributed by atoms with van der Waals surface area (Å²) in [4.78, 5) is 10.5. The second kappa shape index (κ2) is 3.50. The standard InChI is InChI=1S/C10H20N2O2/c1-8(12(13)14)10(11)6-4-5-9(2,3)7-10/h8H,4-7,11H2,1-3H3. The van der Waals surface area contributed by atoms with Crippen molar-refractivity contribution >= 4 is 0 Å². The zero-order valence-electron chi connectivity index (χ0n) is 9.25. The summed E-state index contributed by atoms with van der Waals surface area (Å²) in [7, 11) is 0. The highest BCUT2D eigenvalue weighted by molar-refractivity contribution is 4.97. The van der Waals surface area contributed by atoms with Gasteiger partial charge in [-0.05, 0) is 24.7 Å². The normalized spacial score (nSPS) is 33.7. The Balaban J connectivity index is 2.78. The third kappa shape index (κ3) is 2.23. The lowest BCUT2D eigenvalue weighted by Crippen LogP contribution is -2.57. The molecule has 1 fully saturated rings. The van der Waals surface area contributed by atoms with Crippen LogP contribution in [0.25, 0.3) is 0 Å². The van der Waals surface area contributed by atoms with Crippen molar-refractivity contribution in [2.75, 3.05) is 0 Å². The van der Waals surface area contributed by atoms with E-state index in [4.69, 9.17) is 5.73 Å². The SMILES string of the molecule is CC([N+](=O)[O-])C1(N)CCCC(C)(C)C1. The molecule has 0 radical (unpaired) electrons. The summed E-state index contributed by atoms with van der Waals surface area (Å²) in [5.41, 5.74) is 5.68. The smallest absolute Gasteiger partial charge is 0.228 e. The van der Waals surface area contributed by atoms with Crippen LogP contribution in [0.2, 0.25) is 0 Å². The average molecular weight is 200 g/mol. The molecule has 0 aliphatic heterocycles. The van der Waals surface area contributed by atoms with E-state index in [9.17, 15) is 10.1 Å². The molecule has 1 aliphatic rings. The van der Waals surface area contributed by atoms with Gasteiger partial charge in [0.05, 0.1) is 5.54 Å². The minimum atomic E-state index is -0.637. The maximum Gasteiger partial charge on any atom is 0.228 e. The zero-order chi connectivity index (χ0) is 11.0. The first-order valence-electron chi connectivity index (χ1n) is 5.19. The van der Waals surface area contributed by atoms with Gasteiger partial charge in [-0.2, -0.15) is 0 Å². The Morgan fingerprint density at radius 1 is 1.43 bits per heavy atom. The Labute approximate surface area is 85.0 Å². The third-order valence-corrected chi connectivity index (χ3v) is 3.45. The van der Waals surface area contributed by atoms with Gasteiger partial charge in [0.15, 0.2) is 0 Å². The minimum Gasteiger partial charge on any atom is -0.319 e. The molecule has 1 aliphatic carbocycles. The number of nitrogens with zero attached hydrogens (tertiary/aromatic N) is 1. The van der Waals surface area contributed by atoms with E-state index in [-0.39, 0.29) is 10.3 Å². The zero-order valence-corrected chi connectivity index (χ0v) is 9.25. The number of nitro groups is 1. The molecule has 1 saturated carbocycles. The first-order chi connectivity index (χ1) is 6.27. The quantitative estimate of drug-likeness (QED) is 0.547. The molecular formula is C10H20N2O2. The second-order valence-electron chi connectivity index (χ2n) is 5.39. The molecule has 2 atom stereocenters. The van der Waals surface area contributed by atoms with Crippen LogP contribution in [0.4, 0.5) is 0 Å². The summed E-state index contributed by atoms with van der Waals surface area (Å²) in [6.45, 7) is 5.91. The summed E-state index contributed by atoms with van der Waals surface area (Å²) in [6, 6.07) is -0.637. The fourth-order valence-corrected chi connectivity index (χ4v) is 2.53. The van der Waals surface area contributed by atoms with Gasteiger partial charge in [0.25, 0.3) is 0 Å². The van der Waals surface area contributed by atoms with Gasteiger partial charge in [-0.25, -0.2) is 0 Å². The largest absolute Gasteiger partial charge is 0.319 e. The predicted molar refractivity (Wildman–Crippen MR) is 55.6 cm³/mol. The van der Waals surface area contributed by atoms with Gasteiger partial charge in [-0.1, -0.05) is 20.3 Å². The van der Waals surface area contributed by atoms with Gasteiger partial charge in [0.1, 0.15) is 0 Å². The van der Waals surface area contributed by atoms with Crippen LogP contribution in [0, 0.1) is 15.5 Å². The highest BCUT2D eigenvalue weighted by Gasteiger charge is 2.46. The number of hydrogen-bond acceptors (Lipinski definition) is 3. The molecule has 0 spiro atoms. The van der Waals surface area contributed by atoms with Crippen molar-refractivity contribution in [2.24, 2.45) is 11.1 Å². The highest BCUT2D eigenvalue weighted by Crippen LogP contribution is 2.41. The molecule has 0 saturated heterocycles. The van der Waals surface area contributed by atoms with E-state index in [1.54, 1.807) is 6.92 Å². The van der Waals surface area contributed by atoms with Crippen LogP contribution in [0.1, 0.15) is 46.5 Å². The Bertz CT molecular complexity index is 240. The van der Waals surface area contributed by atoms with Crippen LogP contribution in [0.15, 0.2) is 0 Å². The highest BCUT2D eigenvalue weighted by atomic mass is 16.6.